The number of hydrogen-bond acceptors (Lipinski definition) is 3. The lowest BCUT2D eigenvalue weighted by molar-refractivity contribution is 0.0827. The van der Waals surface area contributed by atoms with Gasteiger partial charge in [0.2, 0.25) is 0 Å². The summed E-state index contributed by atoms with van der Waals surface area (Å²) in [6, 6.07) is 17.1. The van der Waals surface area contributed by atoms with Crippen molar-refractivity contribution in [1.29, 1.82) is 5.26 Å². The van der Waals surface area contributed by atoms with E-state index in [9.17, 15) is 4.79 Å². The number of aliphatic imine (C=N–C) groups is 1. The van der Waals surface area contributed by atoms with Crippen LogP contribution >= 0.6 is 0 Å². The summed E-state index contributed by atoms with van der Waals surface area (Å²) in [5.41, 5.74) is 3.42. The fraction of sp³-hybridized carbons (Fsp3) is 0.286. The Labute approximate surface area is 160 Å². The van der Waals surface area contributed by atoms with Gasteiger partial charge in [-0.2, -0.15) is 5.26 Å². The van der Waals surface area contributed by atoms with Crippen LogP contribution in [0.1, 0.15) is 34.0 Å². The summed E-state index contributed by atoms with van der Waals surface area (Å²) in [6.07, 6.45) is 0. The van der Waals surface area contributed by atoms with E-state index in [1.54, 1.807) is 31.1 Å². The predicted octanol–water partition coefficient (Wildman–Crippen LogP) is 2.52. The second kappa shape index (κ2) is 9.97. The summed E-state index contributed by atoms with van der Waals surface area (Å²) >= 11 is 0. The van der Waals surface area contributed by atoms with Gasteiger partial charge in [-0.25, -0.2) is 4.99 Å². The molecule has 2 aromatic rings. The van der Waals surface area contributed by atoms with Gasteiger partial charge in [0.15, 0.2) is 5.96 Å². The van der Waals surface area contributed by atoms with Crippen LogP contribution < -0.4 is 10.6 Å². The minimum absolute atomic E-state index is 0.00757. The molecule has 0 saturated heterocycles. The number of carbonyl (C=O) groups excluding carboxylic acids is 1. The van der Waals surface area contributed by atoms with Crippen molar-refractivity contribution in [3.8, 4) is 6.07 Å². The van der Waals surface area contributed by atoms with Gasteiger partial charge in [-0.05, 0) is 42.3 Å². The molecule has 0 saturated carbocycles. The minimum atomic E-state index is -0.00757. The average molecular weight is 363 g/mol. The van der Waals surface area contributed by atoms with Crippen LogP contribution in [-0.4, -0.2) is 37.4 Å². The number of nitrogens with zero attached hydrogens (tertiary/aromatic N) is 3. The number of hydrogen-bond donors (Lipinski definition) is 2. The summed E-state index contributed by atoms with van der Waals surface area (Å²) in [4.78, 5) is 18.1. The molecule has 6 nitrogen and oxygen atoms in total. The first-order valence-electron chi connectivity index (χ1n) is 8.85. The largest absolute Gasteiger partial charge is 0.357 e. The van der Waals surface area contributed by atoms with Gasteiger partial charge in [0, 0.05) is 32.7 Å². The zero-order chi connectivity index (χ0) is 19.6. The first-order chi connectivity index (χ1) is 13.0. The Morgan fingerprint density at radius 2 is 1.67 bits per heavy atom. The highest BCUT2D eigenvalue weighted by atomic mass is 16.2. The molecule has 27 heavy (non-hydrogen) atoms. The van der Waals surface area contributed by atoms with E-state index in [2.05, 4.69) is 21.7 Å². The van der Waals surface area contributed by atoms with Gasteiger partial charge in [-0.3, -0.25) is 4.79 Å². The number of rotatable bonds is 6. The van der Waals surface area contributed by atoms with Crippen molar-refractivity contribution in [3.63, 3.8) is 0 Å². The number of amides is 1. The Bertz CT molecular complexity index is 817. The molecule has 0 spiro atoms. The van der Waals surface area contributed by atoms with E-state index in [0.717, 1.165) is 23.6 Å². The second-order valence-corrected chi connectivity index (χ2v) is 6.25. The molecular formula is C21H25N5O. The van der Waals surface area contributed by atoms with E-state index in [1.807, 2.05) is 43.3 Å². The second-order valence-electron chi connectivity index (χ2n) is 6.25. The Morgan fingerprint density at radius 1 is 1.04 bits per heavy atom. The van der Waals surface area contributed by atoms with Crippen LogP contribution in [-0.2, 0) is 13.1 Å². The standard InChI is InChI=1S/C21H25N5O/c1-4-23-21(24-14-17-7-5-16(13-22)6-8-17)25-15-18-9-11-19(12-10-18)20(27)26(2)3/h5-12H,4,14-15H2,1-3H3,(H2,23,24,25). The highest BCUT2D eigenvalue weighted by Crippen LogP contribution is 2.07. The average Bonchev–Trinajstić information content (AvgIpc) is 2.70. The van der Waals surface area contributed by atoms with E-state index in [-0.39, 0.29) is 5.91 Å². The maximum absolute atomic E-state index is 11.9. The first kappa shape index (κ1) is 20.0. The van der Waals surface area contributed by atoms with E-state index < -0.39 is 0 Å². The van der Waals surface area contributed by atoms with Crippen molar-refractivity contribution in [1.82, 2.24) is 15.5 Å². The smallest absolute Gasteiger partial charge is 0.253 e. The van der Waals surface area contributed by atoms with Crippen molar-refractivity contribution in [2.24, 2.45) is 4.99 Å². The molecule has 0 aliphatic carbocycles. The van der Waals surface area contributed by atoms with Crippen molar-refractivity contribution in [3.05, 3.63) is 70.8 Å². The van der Waals surface area contributed by atoms with Crippen LogP contribution in [0.3, 0.4) is 0 Å². The number of benzene rings is 2. The summed E-state index contributed by atoms with van der Waals surface area (Å²) in [5, 5.41) is 15.4. The number of carbonyl (C=O) groups is 1. The Balaban J connectivity index is 1.96. The summed E-state index contributed by atoms with van der Waals surface area (Å²) in [7, 11) is 3.48. The summed E-state index contributed by atoms with van der Waals surface area (Å²) in [5.74, 6) is 0.710. The van der Waals surface area contributed by atoms with Gasteiger partial charge < -0.3 is 15.5 Å². The van der Waals surface area contributed by atoms with Crippen LogP contribution in [0.5, 0.6) is 0 Å². The number of nitriles is 1. The van der Waals surface area contributed by atoms with Gasteiger partial charge in [0.25, 0.3) is 5.91 Å². The molecule has 0 aliphatic heterocycles. The molecule has 0 bridgehead atoms. The van der Waals surface area contributed by atoms with E-state index >= 15 is 0 Å². The van der Waals surface area contributed by atoms with Crippen LogP contribution in [0, 0.1) is 11.3 Å². The van der Waals surface area contributed by atoms with Crippen LogP contribution in [0.15, 0.2) is 53.5 Å². The Hall–Kier alpha value is -3.33. The molecule has 0 aliphatic rings. The van der Waals surface area contributed by atoms with Crippen LogP contribution in [0.4, 0.5) is 0 Å². The predicted molar refractivity (Wildman–Crippen MR) is 107 cm³/mol. The zero-order valence-corrected chi connectivity index (χ0v) is 16.0. The van der Waals surface area contributed by atoms with Crippen LogP contribution in [0.25, 0.3) is 0 Å². The fourth-order valence-electron chi connectivity index (χ4n) is 2.41. The molecule has 0 fully saturated rings. The Morgan fingerprint density at radius 3 is 2.22 bits per heavy atom. The zero-order valence-electron chi connectivity index (χ0n) is 16.0. The van der Waals surface area contributed by atoms with Crippen molar-refractivity contribution >= 4 is 11.9 Å². The van der Waals surface area contributed by atoms with Crippen molar-refractivity contribution in [2.45, 2.75) is 20.0 Å². The molecule has 0 atom stereocenters. The van der Waals surface area contributed by atoms with E-state index in [1.165, 1.54) is 0 Å². The van der Waals surface area contributed by atoms with Gasteiger partial charge in [-0.15, -0.1) is 0 Å². The first-order valence-corrected chi connectivity index (χ1v) is 8.85. The molecule has 0 heterocycles. The third kappa shape index (κ3) is 6.15. The molecule has 140 valence electrons. The lowest BCUT2D eigenvalue weighted by Gasteiger charge is -2.13. The molecule has 2 aromatic carbocycles. The molecule has 0 unspecified atom stereocenters. The topological polar surface area (TPSA) is 80.5 Å². The Kier molecular flexibility index (Phi) is 7.38. The summed E-state index contributed by atoms with van der Waals surface area (Å²) < 4.78 is 0. The quantitative estimate of drug-likeness (QED) is 0.610. The van der Waals surface area contributed by atoms with E-state index in [0.29, 0.717) is 24.2 Å². The van der Waals surface area contributed by atoms with Gasteiger partial charge in [0.1, 0.15) is 0 Å². The van der Waals surface area contributed by atoms with E-state index in [4.69, 9.17) is 5.26 Å². The molecule has 2 N–H and O–H groups in total. The molecule has 0 aromatic heterocycles. The molecule has 0 radical (unpaired) electrons. The van der Waals surface area contributed by atoms with Crippen LogP contribution in [0.2, 0.25) is 0 Å². The number of guanidine groups is 1. The van der Waals surface area contributed by atoms with Gasteiger partial charge in [-0.1, -0.05) is 24.3 Å². The molecule has 2 rings (SSSR count). The van der Waals surface area contributed by atoms with Crippen molar-refractivity contribution < 1.29 is 4.79 Å². The summed E-state index contributed by atoms with van der Waals surface area (Å²) in [6.45, 7) is 3.91. The third-order valence-corrected chi connectivity index (χ3v) is 3.91. The third-order valence-electron chi connectivity index (χ3n) is 3.91. The maximum Gasteiger partial charge on any atom is 0.253 e. The SMILES string of the molecule is CCNC(=NCc1ccc(C#N)cc1)NCc1ccc(C(=O)N(C)C)cc1. The minimum Gasteiger partial charge on any atom is -0.357 e. The molecule has 6 heteroatoms. The highest BCUT2D eigenvalue weighted by Gasteiger charge is 2.07. The van der Waals surface area contributed by atoms with Crippen molar-refractivity contribution in [2.75, 3.05) is 20.6 Å². The normalized spacial score (nSPS) is 10.8. The highest BCUT2D eigenvalue weighted by molar-refractivity contribution is 5.93. The maximum atomic E-state index is 11.9. The van der Waals surface area contributed by atoms with Gasteiger partial charge >= 0.3 is 0 Å². The number of nitrogens with one attached hydrogen (secondary N) is 2. The lowest BCUT2D eigenvalue weighted by Crippen LogP contribution is -2.36. The fourth-order valence-corrected chi connectivity index (χ4v) is 2.41. The molecule has 1 amide bonds. The lowest BCUT2D eigenvalue weighted by atomic mass is 10.1. The molecular weight excluding hydrogens is 338 g/mol. The monoisotopic (exact) mass is 363 g/mol. The van der Waals surface area contributed by atoms with Gasteiger partial charge in [0.05, 0.1) is 18.2 Å².